The first-order valence-electron chi connectivity index (χ1n) is 7.04. The highest BCUT2D eigenvalue weighted by molar-refractivity contribution is 9.10. The van der Waals surface area contributed by atoms with Gasteiger partial charge in [0.15, 0.2) is 0 Å². The van der Waals surface area contributed by atoms with Gasteiger partial charge in [0.1, 0.15) is 0 Å². The Bertz CT molecular complexity index is 404. The van der Waals surface area contributed by atoms with Crippen molar-refractivity contribution in [3.05, 3.63) is 28.7 Å². The molecular formula is C15H21BrN2. The van der Waals surface area contributed by atoms with Crippen LogP contribution in [0.1, 0.15) is 32.1 Å². The Hall–Kier alpha value is -0.540. The van der Waals surface area contributed by atoms with E-state index in [1.807, 2.05) is 0 Å². The van der Waals surface area contributed by atoms with E-state index in [1.165, 1.54) is 42.3 Å². The summed E-state index contributed by atoms with van der Waals surface area (Å²) in [5, 5.41) is 3.61. The number of nitrogens with one attached hydrogen (secondary N) is 1. The SMILES string of the molecule is Brc1cccc(N2CCNCC23CCCCC3)c1. The maximum absolute atomic E-state index is 3.61. The first-order valence-corrected chi connectivity index (χ1v) is 7.83. The zero-order valence-electron chi connectivity index (χ0n) is 10.8. The Morgan fingerprint density at radius 2 is 2.00 bits per heavy atom. The molecule has 1 saturated heterocycles. The smallest absolute Gasteiger partial charge is 0.0527 e. The first kappa shape index (κ1) is 12.5. The van der Waals surface area contributed by atoms with Gasteiger partial charge in [-0.2, -0.15) is 0 Å². The van der Waals surface area contributed by atoms with Crippen LogP contribution in [0, 0.1) is 0 Å². The monoisotopic (exact) mass is 308 g/mol. The van der Waals surface area contributed by atoms with E-state index in [4.69, 9.17) is 0 Å². The summed E-state index contributed by atoms with van der Waals surface area (Å²) in [4.78, 5) is 2.66. The van der Waals surface area contributed by atoms with Gasteiger partial charge in [0.2, 0.25) is 0 Å². The van der Waals surface area contributed by atoms with Crippen LogP contribution in [0.5, 0.6) is 0 Å². The van der Waals surface area contributed by atoms with Gasteiger partial charge in [-0.15, -0.1) is 0 Å². The Balaban J connectivity index is 1.91. The molecule has 1 aromatic rings. The normalized spacial score (nSPS) is 23.3. The summed E-state index contributed by atoms with van der Waals surface area (Å²) in [5.41, 5.74) is 1.75. The third-order valence-corrected chi connectivity index (χ3v) is 4.94. The molecular weight excluding hydrogens is 288 g/mol. The van der Waals surface area contributed by atoms with Crippen molar-refractivity contribution in [3.8, 4) is 0 Å². The van der Waals surface area contributed by atoms with Crippen LogP contribution in [0.25, 0.3) is 0 Å². The van der Waals surface area contributed by atoms with Gasteiger partial charge in [0.05, 0.1) is 5.54 Å². The highest BCUT2D eigenvalue weighted by Crippen LogP contribution is 2.38. The van der Waals surface area contributed by atoms with Crippen molar-refractivity contribution < 1.29 is 0 Å². The second-order valence-electron chi connectivity index (χ2n) is 5.59. The zero-order chi connectivity index (χ0) is 12.4. The van der Waals surface area contributed by atoms with E-state index in [-0.39, 0.29) is 0 Å². The number of hydrogen-bond donors (Lipinski definition) is 1. The summed E-state index contributed by atoms with van der Waals surface area (Å²) in [5.74, 6) is 0. The van der Waals surface area contributed by atoms with E-state index in [0.717, 1.165) is 19.6 Å². The summed E-state index contributed by atoms with van der Waals surface area (Å²) < 4.78 is 1.18. The Morgan fingerprint density at radius 3 is 2.78 bits per heavy atom. The zero-order valence-corrected chi connectivity index (χ0v) is 12.4. The van der Waals surface area contributed by atoms with Crippen molar-refractivity contribution in [2.75, 3.05) is 24.5 Å². The standard InChI is InChI=1S/C15H21BrN2/c16-13-5-4-6-14(11-13)18-10-9-17-12-15(18)7-2-1-3-8-15/h4-6,11,17H,1-3,7-10,12H2. The van der Waals surface area contributed by atoms with Crippen LogP contribution in [0.15, 0.2) is 28.7 Å². The van der Waals surface area contributed by atoms with Gasteiger partial charge < -0.3 is 10.2 Å². The average molecular weight is 309 g/mol. The van der Waals surface area contributed by atoms with Crippen LogP contribution in [0.2, 0.25) is 0 Å². The molecule has 0 unspecified atom stereocenters. The quantitative estimate of drug-likeness (QED) is 0.853. The van der Waals surface area contributed by atoms with Crippen molar-refractivity contribution in [2.45, 2.75) is 37.6 Å². The topological polar surface area (TPSA) is 15.3 Å². The van der Waals surface area contributed by atoms with Gasteiger partial charge in [0, 0.05) is 29.8 Å². The van der Waals surface area contributed by atoms with Crippen LogP contribution in [-0.4, -0.2) is 25.2 Å². The lowest BCUT2D eigenvalue weighted by atomic mass is 9.78. The third-order valence-electron chi connectivity index (χ3n) is 4.44. The first-order chi connectivity index (χ1) is 8.80. The van der Waals surface area contributed by atoms with Crippen molar-refractivity contribution in [2.24, 2.45) is 0 Å². The van der Waals surface area contributed by atoms with E-state index in [1.54, 1.807) is 0 Å². The van der Waals surface area contributed by atoms with Crippen molar-refractivity contribution in [1.29, 1.82) is 0 Å². The van der Waals surface area contributed by atoms with Gasteiger partial charge in [-0.25, -0.2) is 0 Å². The Kier molecular flexibility index (Phi) is 3.62. The van der Waals surface area contributed by atoms with Crippen LogP contribution in [0.4, 0.5) is 5.69 Å². The summed E-state index contributed by atoms with van der Waals surface area (Å²) in [7, 11) is 0. The number of piperazine rings is 1. The molecule has 0 amide bonds. The number of benzene rings is 1. The van der Waals surface area contributed by atoms with Crippen LogP contribution in [-0.2, 0) is 0 Å². The van der Waals surface area contributed by atoms with Crippen molar-refractivity contribution >= 4 is 21.6 Å². The molecule has 1 N–H and O–H groups in total. The highest BCUT2D eigenvalue weighted by Gasteiger charge is 2.39. The molecule has 0 bridgehead atoms. The molecule has 0 aromatic heterocycles. The summed E-state index contributed by atoms with van der Waals surface area (Å²) in [6, 6.07) is 8.78. The molecule has 18 heavy (non-hydrogen) atoms. The Morgan fingerprint density at radius 1 is 1.17 bits per heavy atom. The minimum Gasteiger partial charge on any atom is -0.363 e. The minimum absolute atomic E-state index is 0.372. The molecule has 2 nitrogen and oxygen atoms in total. The summed E-state index contributed by atoms with van der Waals surface area (Å²) in [6.45, 7) is 3.39. The molecule has 1 aliphatic carbocycles. The van der Waals surface area contributed by atoms with Gasteiger partial charge in [-0.05, 0) is 31.0 Å². The van der Waals surface area contributed by atoms with Gasteiger partial charge >= 0.3 is 0 Å². The molecule has 1 heterocycles. The minimum atomic E-state index is 0.372. The molecule has 1 saturated carbocycles. The lowest BCUT2D eigenvalue weighted by Gasteiger charge is -2.51. The highest BCUT2D eigenvalue weighted by atomic mass is 79.9. The lowest BCUT2D eigenvalue weighted by molar-refractivity contribution is 0.241. The van der Waals surface area contributed by atoms with E-state index >= 15 is 0 Å². The van der Waals surface area contributed by atoms with Gasteiger partial charge in [0.25, 0.3) is 0 Å². The Labute approximate surface area is 118 Å². The maximum Gasteiger partial charge on any atom is 0.0527 e. The van der Waals surface area contributed by atoms with E-state index in [2.05, 4.69) is 50.4 Å². The molecule has 2 aliphatic rings. The summed E-state index contributed by atoms with van der Waals surface area (Å²) in [6.07, 6.45) is 6.85. The predicted molar refractivity (Wildman–Crippen MR) is 80.2 cm³/mol. The maximum atomic E-state index is 3.61. The fraction of sp³-hybridized carbons (Fsp3) is 0.600. The second-order valence-corrected chi connectivity index (χ2v) is 6.51. The van der Waals surface area contributed by atoms with Crippen LogP contribution >= 0.6 is 15.9 Å². The number of nitrogens with zero attached hydrogens (tertiary/aromatic N) is 1. The van der Waals surface area contributed by atoms with Crippen molar-refractivity contribution in [3.63, 3.8) is 0 Å². The average Bonchev–Trinajstić information content (AvgIpc) is 2.40. The third kappa shape index (κ3) is 2.30. The van der Waals surface area contributed by atoms with Crippen molar-refractivity contribution in [1.82, 2.24) is 5.32 Å². The molecule has 1 aliphatic heterocycles. The molecule has 0 atom stereocenters. The number of halogens is 1. The molecule has 3 heteroatoms. The predicted octanol–water partition coefficient (Wildman–Crippen LogP) is 3.56. The van der Waals surface area contributed by atoms with E-state index < -0.39 is 0 Å². The van der Waals surface area contributed by atoms with Gasteiger partial charge in [-0.3, -0.25) is 0 Å². The van der Waals surface area contributed by atoms with E-state index in [0.29, 0.717) is 5.54 Å². The lowest BCUT2D eigenvalue weighted by Crippen LogP contribution is -2.62. The molecule has 0 radical (unpaired) electrons. The number of anilines is 1. The number of rotatable bonds is 1. The molecule has 1 aromatic carbocycles. The van der Waals surface area contributed by atoms with E-state index in [9.17, 15) is 0 Å². The fourth-order valence-electron chi connectivity index (χ4n) is 3.55. The fourth-order valence-corrected chi connectivity index (χ4v) is 3.94. The molecule has 98 valence electrons. The molecule has 3 rings (SSSR count). The largest absolute Gasteiger partial charge is 0.363 e. The molecule has 1 spiro atoms. The van der Waals surface area contributed by atoms with Gasteiger partial charge in [-0.1, -0.05) is 41.3 Å². The van der Waals surface area contributed by atoms with Crippen LogP contribution in [0.3, 0.4) is 0 Å². The van der Waals surface area contributed by atoms with Crippen LogP contribution < -0.4 is 10.2 Å². The summed E-state index contributed by atoms with van der Waals surface area (Å²) >= 11 is 3.60. The second kappa shape index (κ2) is 5.22. The molecule has 2 fully saturated rings. The number of hydrogen-bond acceptors (Lipinski definition) is 2.